The molecule has 1 saturated heterocycles. The van der Waals surface area contributed by atoms with Crippen LogP contribution < -0.4 is 5.32 Å². The highest BCUT2D eigenvalue weighted by atomic mass is 16.5. The Kier molecular flexibility index (Phi) is 5.42. The van der Waals surface area contributed by atoms with E-state index in [9.17, 15) is 9.59 Å². The number of carbonyl (C=O) groups excluding carboxylic acids is 2. The van der Waals surface area contributed by atoms with Crippen molar-refractivity contribution in [2.75, 3.05) is 20.2 Å². The number of nitrogens with zero attached hydrogens (tertiary/aromatic N) is 1. The van der Waals surface area contributed by atoms with E-state index in [1.54, 1.807) is 0 Å². The fraction of sp³-hybridized carbons (Fsp3) is 0.556. The van der Waals surface area contributed by atoms with Gasteiger partial charge in [0.2, 0.25) is 5.91 Å². The second-order valence-electron chi connectivity index (χ2n) is 6.62. The van der Waals surface area contributed by atoms with Crippen LogP contribution in [0.25, 0.3) is 0 Å². The van der Waals surface area contributed by atoms with Crippen LogP contribution in [-0.2, 0) is 20.9 Å². The number of amides is 1. The number of methoxy groups -OCH3 is 1. The molecule has 3 atom stereocenters. The van der Waals surface area contributed by atoms with Crippen LogP contribution in [-0.4, -0.2) is 43.0 Å². The minimum absolute atomic E-state index is 0.0184. The van der Waals surface area contributed by atoms with Crippen LogP contribution in [0.4, 0.5) is 0 Å². The van der Waals surface area contributed by atoms with Gasteiger partial charge in [0.05, 0.1) is 18.6 Å². The van der Waals surface area contributed by atoms with Crippen molar-refractivity contribution in [1.29, 1.82) is 0 Å². The summed E-state index contributed by atoms with van der Waals surface area (Å²) < 4.78 is 4.94. The van der Waals surface area contributed by atoms with Crippen molar-refractivity contribution >= 4 is 11.9 Å². The Labute approximate surface area is 138 Å². The summed E-state index contributed by atoms with van der Waals surface area (Å²) in [6.45, 7) is 7.60. The van der Waals surface area contributed by atoms with Crippen molar-refractivity contribution in [3.63, 3.8) is 0 Å². The molecule has 1 N–H and O–H groups in total. The van der Waals surface area contributed by atoms with Crippen LogP contribution in [0.3, 0.4) is 0 Å². The van der Waals surface area contributed by atoms with E-state index in [0.29, 0.717) is 19.6 Å². The lowest BCUT2D eigenvalue weighted by molar-refractivity contribution is -0.153. The first-order valence-corrected chi connectivity index (χ1v) is 8.02. The van der Waals surface area contributed by atoms with E-state index in [4.69, 9.17) is 4.74 Å². The summed E-state index contributed by atoms with van der Waals surface area (Å²) in [5.74, 6) is -0.0705. The molecule has 0 bridgehead atoms. The van der Waals surface area contributed by atoms with E-state index in [1.165, 1.54) is 7.11 Å². The fourth-order valence-electron chi connectivity index (χ4n) is 3.09. The van der Waals surface area contributed by atoms with E-state index in [2.05, 4.69) is 10.2 Å². The normalized spacial score (nSPS) is 25.8. The summed E-state index contributed by atoms with van der Waals surface area (Å²) in [4.78, 5) is 26.5. The number of benzene rings is 1. The first-order valence-electron chi connectivity index (χ1n) is 8.02. The Morgan fingerprint density at radius 3 is 2.65 bits per heavy atom. The number of esters is 1. The predicted octanol–water partition coefficient (Wildman–Crippen LogP) is 1.82. The smallest absolute Gasteiger partial charge is 0.313 e. The van der Waals surface area contributed by atoms with Gasteiger partial charge in [-0.25, -0.2) is 0 Å². The van der Waals surface area contributed by atoms with Crippen LogP contribution in [0.1, 0.15) is 26.3 Å². The summed E-state index contributed by atoms with van der Waals surface area (Å²) in [5.41, 5.74) is 0.519. The van der Waals surface area contributed by atoms with E-state index in [0.717, 1.165) is 5.56 Å². The number of carbonyl (C=O) groups is 2. The molecule has 5 heteroatoms. The molecule has 0 spiro atoms. The average Bonchev–Trinajstić information content (AvgIpc) is 2.88. The first-order chi connectivity index (χ1) is 10.9. The molecule has 2 rings (SSSR count). The molecule has 1 fully saturated rings. The van der Waals surface area contributed by atoms with Crippen LogP contribution in [0.15, 0.2) is 30.3 Å². The van der Waals surface area contributed by atoms with Gasteiger partial charge in [-0.1, -0.05) is 37.3 Å². The molecule has 0 unspecified atom stereocenters. The van der Waals surface area contributed by atoms with Crippen molar-refractivity contribution in [2.24, 2.45) is 11.3 Å². The quantitative estimate of drug-likeness (QED) is 0.842. The first kappa shape index (κ1) is 17.5. The highest BCUT2D eigenvalue weighted by molar-refractivity contribution is 5.82. The zero-order valence-corrected chi connectivity index (χ0v) is 14.3. The maximum absolute atomic E-state index is 12.4. The molecule has 1 aliphatic rings. The van der Waals surface area contributed by atoms with Gasteiger partial charge in [-0.2, -0.15) is 0 Å². The predicted molar refractivity (Wildman–Crippen MR) is 88.6 cm³/mol. The number of likely N-dealkylation sites (tertiary alicyclic amines) is 1. The van der Waals surface area contributed by atoms with Gasteiger partial charge in [-0.3, -0.25) is 14.5 Å². The minimum atomic E-state index is -0.553. The van der Waals surface area contributed by atoms with Crippen LogP contribution in [0.2, 0.25) is 0 Å². The van der Waals surface area contributed by atoms with E-state index in [-0.39, 0.29) is 23.8 Å². The molecule has 0 aliphatic carbocycles. The fourth-order valence-corrected chi connectivity index (χ4v) is 3.09. The largest absolute Gasteiger partial charge is 0.469 e. The zero-order chi connectivity index (χ0) is 17.0. The molecule has 23 heavy (non-hydrogen) atoms. The second kappa shape index (κ2) is 7.13. The van der Waals surface area contributed by atoms with E-state index >= 15 is 0 Å². The van der Waals surface area contributed by atoms with Crippen molar-refractivity contribution < 1.29 is 14.3 Å². The molecular formula is C18H26N2O3. The Morgan fingerprint density at radius 1 is 1.39 bits per heavy atom. The lowest BCUT2D eigenvalue weighted by Gasteiger charge is -2.26. The molecule has 1 aromatic carbocycles. The molecule has 1 aliphatic heterocycles. The third kappa shape index (κ3) is 3.72. The van der Waals surface area contributed by atoms with E-state index in [1.807, 2.05) is 51.1 Å². The van der Waals surface area contributed by atoms with Gasteiger partial charge in [0.1, 0.15) is 0 Å². The lowest BCUT2D eigenvalue weighted by Crippen LogP contribution is -2.45. The summed E-state index contributed by atoms with van der Waals surface area (Å²) in [5, 5.41) is 2.96. The van der Waals surface area contributed by atoms with Gasteiger partial charge >= 0.3 is 5.97 Å². The van der Waals surface area contributed by atoms with Crippen molar-refractivity contribution in [3.8, 4) is 0 Å². The maximum Gasteiger partial charge on any atom is 0.313 e. The molecule has 1 heterocycles. The van der Waals surface area contributed by atoms with Gasteiger partial charge in [0.15, 0.2) is 0 Å². The average molecular weight is 318 g/mol. The maximum atomic E-state index is 12.4. The van der Waals surface area contributed by atoms with Crippen molar-refractivity contribution in [2.45, 2.75) is 33.4 Å². The molecule has 126 valence electrons. The van der Waals surface area contributed by atoms with Gasteiger partial charge in [-0.15, -0.1) is 0 Å². The number of hydrogen-bond acceptors (Lipinski definition) is 4. The van der Waals surface area contributed by atoms with Gasteiger partial charge in [0, 0.05) is 19.6 Å². The van der Waals surface area contributed by atoms with Crippen LogP contribution >= 0.6 is 0 Å². The summed E-state index contributed by atoms with van der Waals surface area (Å²) in [6.07, 6.45) is 0. The summed E-state index contributed by atoms with van der Waals surface area (Å²) in [6, 6.07) is 9.55. The van der Waals surface area contributed by atoms with Crippen molar-refractivity contribution in [3.05, 3.63) is 35.9 Å². The molecule has 1 amide bonds. The van der Waals surface area contributed by atoms with Crippen LogP contribution in [0, 0.1) is 11.3 Å². The van der Waals surface area contributed by atoms with Crippen molar-refractivity contribution in [1.82, 2.24) is 10.2 Å². The third-order valence-corrected chi connectivity index (χ3v) is 5.02. The molecule has 0 saturated carbocycles. The van der Waals surface area contributed by atoms with Gasteiger partial charge < -0.3 is 10.1 Å². The Hall–Kier alpha value is -1.88. The van der Waals surface area contributed by atoms with E-state index < -0.39 is 5.41 Å². The monoisotopic (exact) mass is 318 g/mol. The lowest BCUT2D eigenvalue weighted by atomic mass is 9.81. The number of rotatable bonds is 5. The Bertz CT molecular complexity index is 561. The van der Waals surface area contributed by atoms with Gasteiger partial charge in [0.25, 0.3) is 0 Å². The SMILES string of the molecule is COC(=O)[C@]1(C)CN([C@@H](C)C(=O)NCc2ccccc2)C[C@H]1C. The minimum Gasteiger partial charge on any atom is -0.469 e. The molecule has 0 aromatic heterocycles. The summed E-state index contributed by atoms with van der Waals surface area (Å²) >= 11 is 0. The standard InChI is InChI=1S/C18H26N2O3/c1-13-11-20(12-18(13,3)17(22)23-4)14(2)16(21)19-10-15-8-6-5-7-9-15/h5-9,13-14H,10-12H2,1-4H3,(H,19,21)/t13-,14+,18-/m1/s1. The molecule has 0 radical (unpaired) electrons. The third-order valence-electron chi connectivity index (χ3n) is 5.02. The molecule has 1 aromatic rings. The van der Waals surface area contributed by atoms with Gasteiger partial charge in [-0.05, 0) is 25.3 Å². The Morgan fingerprint density at radius 2 is 2.04 bits per heavy atom. The zero-order valence-electron chi connectivity index (χ0n) is 14.3. The summed E-state index contributed by atoms with van der Waals surface area (Å²) in [7, 11) is 1.42. The number of hydrogen-bond donors (Lipinski definition) is 1. The topological polar surface area (TPSA) is 58.6 Å². The molecular weight excluding hydrogens is 292 g/mol. The molecule has 5 nitrogen and oxygen atoms in total. The Balaban J connectivity index is 1.94. The van der Waals surface area contributed by atoms with Crippen LogP contribution in [0.5, 0.6) is 0 Å². The number of nitrogens with one attached hydrogen (secondary N) is 1. The highest BCUT2D eigenvalue weighted by Gasteiger charge is 2.48. The number of ether oxygens (including phenoxy) is 1. The second-order valence-corrected chi connectivity index (χ2v) is 6.62. The highest BCUT2D eigenvalue weighted by Crippen LogP contribution is 2.37.